The number of para-hydroxylation sites is 3. The summed E-state index contributed by atoms with van der Waals surface area (Å²) in [6.07, 6.45) is 13.6. The number of allylic oxidation sites excluding steroid dienone is 4. The van der Waals surface area contributed by atoms with E-state index in [2.05, 4.69) is 287 Å². The molecule has 0 saturated heterocycles. The van der Waals surface area contributed by atoms with E-state index in [1.807, 2.05) is 12.4 Å². The Morgan fingerprint density at radius 2 is 1.05 bits per heavy atom. The molecular formula is C68H49N5Si2. The molecule has 354 valence electrons. The monoisotopic (exact) mass is 991 g/mol. The topological polar surface area (TPSA) is 38.9 Å². The predicted molar refractivity (Wildman–Crippen MR) is 314 cm³/mol. The molecule has 0 bridgehead atoms. The summed E-state index contributed by atoms with van der Waals surface area (Å²) in [5.41, 5.74) is 9.23. The van der Waals surface area contributed by atoms with Crippen LogP contribution in [-0.4, -0.2) is 35.2 Å². The lowest BCUT2D eigenvalue weighted by Gasteiger charge is -2.45. The molecule has 15 rings (SSSR count). The molecule has 0 saturated carbocycles. The highest BCUT2D eigenvalue weighted by molar-refractivity contribution is 7.21. The number of imidazole rings is 1. The third-order valence-electron chi connectivity index (χ3n) is 16.4. The Morgan fingerprint density at radius 1 is 0.440 bits per heavy atom. The van der Waals surface area contributed by atoms with Crippen LogP contribution in [0.4, 0.5) is 17.1 Å². The van der Waals surface area contributed by atoms with E-state index < -0.39 is 16.1 Å². The summed E-state index contributed by atoms with van der Waals surface area (Å²) in [5, 5.41) is 13.0. The minimum absolute atomic E-state index is 0.0596. The molecule has 0 radical (unpaired) electrons. The van der Waals surface area contributed by atoms with Gasteiger partial charge in [-0.15, -0.1) is 0 Å². The first-order valence-corrected chi connectivity index (χ1v) is 30.0. The minimum Gasteiger partial charge on any atom is -0.311 e. The van der Waals surface area contributed by atoms with Crippen LogP contribution in [0.3, 0.4) is 0 Å². The van der Waals surface area contributed by atoms with Crippen molar-refractivity contribution < 1.29 is 0 Å². The van der Waals surface area contributed by atoms with Crippen LogP contribution in [0.2, 0.25) is 0 Å². The molecule has 12 aromatic rings. The Morgan fingerprint density at radius 3 is 1.77 bits per heavy atom. The molecule has 7 heteroatoms. The highest BCUT2D eigenvalue weighted by atomic mass is 28.3. The zero-order valence-electron chi connectivity index (χ0n) is 41.0. The lowest BCUT2D eigenvalue weighted by Crippen LogP contribution is -2.77. The summed E-state index contributed by atoms with van der Waals surface area (Å²) in [5.74, 6) is 1.31. The molecule has 9 aromatic carbocycles. The molecular weight excluding hydrogens is 943 g/mol. The van der Waals surface area contributed by atoms with Gasteiger partial charge in [-0.3, -0.25) is 4.57 Å². The number of benzene rings is 9. The molecule has 0 amide bonds. The number of hydrogen-bond donors (Lipinski definition) is 0. The Bertz CT molecular complexity index is 4130. The van der Waals surface area contributed by atoms with Crippen LogP contribution >= 0.6 is 0 Å². The van der Waals surface area contributed by atoms with E-state index in [4.69, 9.17) is 9.97 Å². The zero-order chi connectivity index (χ0) is 49.5. The van der Waals surface area contributed by atoms with Gasteiger partial charge in [-0.2, -0.15) is 0 Å². The van der Waals surface area contributed by atoms with Crippen molar-refractivity contribution >= 4 is 91.5 Å². The summed E-state index contributed by atoms with van der Waals surface area (Å²) in [7, 11) is -6.13. The van der Waals surface area contributed by atoms with Crippen molar-refractivity contribution in [2.75, 3.05) is 4.90 Å². The maximum atomic E-state index is 5.31. The average Bonchev–Trinajstić information content (AvgIpc) is 4.20. The number of rotatable bonds is 8. The van der Waals surface area contributed by atoms with Crippen LogP contribution in [0.15, 0.2) is 291 Å². The summed E-state index contributed by atoms with van der Waals surface area (Å²) >= 11 is 0. The van der Waals surface area contributed by atoms with Crippen molar-refractivity contribution in [3.63, 3.8) is 0 Å². The maximum absolute atomic E-state index is 5.31. The number of nitrogens with zero attached hydrogens (tertiary/aromatic N) is 5. The molecule has 75 heavy (non-hydrogen) atoms. The number of anilines is 3. The van der Waals surface area contributed by atoms with Gasteiger partial charge in [0, 0.05) is 63.9 Å². The molecule has 0 spiro atoms. The van der Waals surface area contributed by atoms with Gasteiger partial charge in [-0.25, -0.2) is 9.97 Å². The van der Waals surface area contributed by atoms with Crippen LogP contribution in [0, 0.1) is 0 Å². The van der Waals surface area contributed by atoms with E-state index in [9.17, 15) is 0 Å². The minimum atomic E-state index is -3.09. The highest BCUT2D eigenvalue weighted by Crippen LogP contribution is 2.47. The fourth-order valence-corrected chi connectivity index (χ4v) is 23.3. The molecule has 2 aliphatic heterocycles. The van der Waals surface area contributed by atoms with Crippen LogP contribution in [0.5, 0.6) is 0 Å². The Balaban J connectivity index is 1.02. The van der Waals surface area contributed by atoms with E-state index in [-0.39, 0.29) is 11.8 Å². The standard InChI is InChI=1S/C68H49N5Si2/c1-6-22-48(23-7-1)72-62-37-18-19-38-65(62)75(52-29-12-4-13-30-52,53-31-14-5-15-32-53)66-47-63-59(46-64(66)72)58-35-21-41-69-68(58)73(63)49-24-20-33-54(44-49)74(50-25-8-2-9-26-50,51-27-10-3-11-28-51)55-39-40-56-57-34-16-17-36-61(57)71-43-42-70-67(71)60(56)45-55/h1-47,56,60H. The summed E-state index contributed by atoms with van der Waals surface area (Å²) in [6, 6.07) is 93.1. The van der Waals surface area contributed by atoms with Gasteiger partial charge in [0.25, 0.3) is 0 Å². The van der Waals surface area contributed by atoms with Gasteiger partial charge in [-0.1, -0.05) is 206 Å². The first-order chi connectivity index (χ1) is 37.2. The van der Waals surface area contributed by atoms with Gasteiger partial charge >= 0.3 is 0 Å². The van der Waals surface area contributed by atoms with Crippen molar-refractivity contribution in [1.82, 2.24) is 19.1 Å². The third-order valence-corrected chi connectivity index (χ3v) is 26.0. The van der Waals surface area contributed by atoms with Crippen molar-refractivity contribution in [3.05, 3.63) is 302 Å². The Hall–Kier alpha value is -9.15. The first-order valence-electron chi connectivity index (χ1n) is 26.0. The van der Waals surface area contributed by atoms with Crippen LogP contribution in [0.1, 0.15) is 23.2 Å². The van der Waals surface area contributed by atoms with Gasteiger partial charge in [-0.05, 0) is 108 Å². The molecule has 1 aliphatic carbocycles. The van der Waals surface area contributed by atoms with E-state index in [0.29, 0.717) is 0 Å². The SMILES string of the molecule is C1=CC2c3ccccc3-n3ccnc3C2C=C1[Si](c1ccccc1)(c1ccccc1)c1cccc(-n2c3cc4c(cc3c3cccnc32)N(c2ccccc2)c2ccccc2[Si]4(c2ccccc2)c2ccccc2)c1. The fraction of sp³-hybridized carbons (Fsp3) is 0.0294. The van der Waals surface area contributed by atoms with Gasteiger partial charge in [0.2, 0.25) is 0 Å². The highest BCUT2D eigenvalue weighted by Gasteiger charge is 2.50. The van der Waals surface area contributed by atoms with E-state index in [1.54, 1.807) is 0 Å². The van der Waals surface area contributed by atoms with E-state index in [1.165, 1.54) is 69.5 Å². The summed E-state index contributed by atoms with van der Waals surface area (Å²) in [6.45, 7) is 0. The van der Waals surface area contributed by atoms with Crippen molar-refractivity contribution in [2.24, 2.45) is 0 Å². The van der Waals surface area contributed by atoms with Crippen LogP contribution < -0.4 is 41.2 Å². The third kappa shape index (κ3) is 6.35. The Labute approximate surface area is 438 Å². The van der Waals surface area contributed by atoms with Crippen molar-refractivity contribution in [3.8, 4) is 11.4 Å². The largest absolute Gasteiger partial charge is 0.311 e. The average molecular weight is 992 g/mol. The maximum Gasteiger partial charge on any atom is 0.184 e. The normalized spacial score (nSPS) is 16.1. The molecule has 2 unspecified atom stereocenters. The number of aromatic nitrogens is 4. The summed E-state index contributed by atoms with van der Waals surface area (Å²) < 4.78 is 4.76. The molecule has 5 heterocycles. The predicted octanol–water partition coefficient (Wildman–Crippen LogP) is 10.9. The van der Waals surface area contributed by atoms with Gasteiger partial charge in [0.05, 0.1) is 11.2 Å². The smallest absolute Gasteiger partial charge is 0.184 e. The zero-order valence-corrected chi connectivity index (χ0v) is 43.0. The molecule has 5 nitrogen and oxygen atoms in total. The molecule has 2 atom stereocenters. The van der Waals surface area contributed by atoms with Gasteiger partial charge in [0.1, 0.15) is 11.5 Å². The van der Waals surface area contributed by atoms with E-state index >= 15 is 0 Å². The van der Waals surface area contributed by atoms with Crippen LogP contribution in [0.25, 0.3) is 33.3 Å². The molecule has 3 aromatic heterocycles. The first kappa shape index (κ1) is 43.4. The summed E-state index contributed by atoms with van der Waals surface area (Å²) in [4.78, 5) is 12.9. The molecule has 3 aliphatic rings. The van der Waals surface area contributed by atoms with Gasteiger partial charge in [0.15, 0.2) is 16.1 Å². The number of fused-ring (bicyclic) bond motifs is 11. The fourth-order valence-electron chi connectivity index (χ4n) is 13.4. The van der Waals surface area contributed by atoms with E-state index in [0.717, 1.165) is 33.7 Å². The second-order valence-electron chi connectivity index (χ2n) is 20.0. The Kier molecular flexibility index (Phi) is 9.98. The second-order valence-corrected chi connectivity index (χ2v) is 27.6. The van der Waals surface area contributed by atoms with Crippen molar-refractivity contribution in [1.29, 1.82) is 0 Å². The quantitative estimate of drug-likeness (QED) is 0.112. The van der Waals surface area contributed by atoms with Crippen molar-refractivity contribution in [2.45, 2.75) is 11.8 Å². The number of hydrogen-bond acceptors (Lipinski definition) is 3. The molecule has 0 N–H and O–H groups in total. The molecule has 0 fully saturated rings. The lowest BCUT2D eigenvalue weighted by atomic mass is 9.79. The van der Waals surface area contributed by atoms with Crippen LogP contribution in [-0.2, 0) is 0 Å². The van der Waals surface area contributed by atoms with Gasteiger partial charge < -0.3 is 9.47 Å². The second kappa shape index (κ2) is 17.2. The number of pyridine rings is 1. The lowest BCUT2D eigenvalue weighted by molar-refractivity contribution is 0.633.